The third-order valence-electron chi connectivity index (χ3n) is 5.24. The molecule has 1 aliphatic heterocycles. The number of phenols is 1. The number of aryl methyl sites for hydroxylation is 1. The van der Waals surface area contributed by atoms with E-state index in [1.54, 1.807) is 6.07 Å². The number of aromatic nitrogens is 1. The summed E-state index contributed by atoms with van der Waals surface area (Å²) in [5.41, 5.74) is 2.37. The molecule has 2 aromatic carbocycles. The van der Waals surface area contributed by atoms with E-state index in [0.717, 1.165) is 17.1 Å². The zero-order chi connectivity index (χ0) is 22.0. The fourth-order valence-corrected chi connectivity index (χ4v) is 3.65. The van der Waals surface area contributed by atoms with Gasteiger partial charge in [0, 0.05) is 17.0 Å². The number of aromatic hydroxyl groups is 1. The first-order valence-electron chi connectivity index (χ1n) is 9.97. The van der Waals surface area contributed by atoms with Crippen LogP contribution in [-0.4, -0.2) is 40.7 Å². The Hall–Kier alpha value is -3.74. The van der Waals surface area contributed by atoms with E-state index in [2.05, 4.69) is 0 Å². The van der Waals surface area contributed by atoms with Crippen molar-refractivity contribution in [1.29, 1.82) is 0 Å². The van der Waals surface area contributed by atoms with Gasteiger partial charge in [0.2, 0.25) is 5.78 Å². The fourth-order valence-electron chi connectivity index (χ4n) is 3.65. The van der Waals surface area contributed by atoms with E-state index in [1.807, 2.05) is 42.7 Å². The number of benzene rings is 2. The number of ketones is 1. The van der Waals surface area contributed by atoms with Crippen LogP contribution in [0, 0.1) is 13.8 Å². The lowest BCUT2D eigenvalue weighted by Crippen LogP contribution is -2.33. The number of rotatable bonds is 6. The number of hydrogen-bond acceptors (Lipinski definition) is 6. The van der Waals surface area contributed by atoms with Crippen LogP contribution >= 0.6 is 0 Å². The summed E-state index contributed by atoms with van der Waals surface area (Å²) in [7, 11) is 0. The predicted molar refractivity (Wildman–Crippen MR) is 113 cm³/mol. The van der Waals surface area contributed by atoms with Crippen molar-refractivity contribution in [2.45, 2.75) is 26.5 Å². The molecule has 0 fully saturated rings. The molecule has 3 aromatic rings. The van der Waals surface area contributed by atoms with Gasteiger partial charge >= 0.3 is 5.97 Å². The Morgan fingerprint density at radius 3 is 2.65 bits per heavy atom. The first-order chi connectivity index (χ1) is 14.9. The van der Waals surface area contributed by atoms with Gasteiger partial charge in [-0.1, -0.05) is 18.2 Å². The average molecular weight is 421 g/mol. The number of phenolic OH excluding ortho intramolecular Hbond substituents is 1. The molecule has 0 saturated carbocycles. The van der Waals surface area contributed by atoms with Crippen LogP contribution in [0.4, 0.5) is 0 Å². The van der Waals surface area contributed by atoms with Crippen molar-refractivity contribution in [3.05, 3.63) is 77.1 Å². The molecule has 0 saturated heterocycles. The lowest BCUT2D eigenvalue weighted by atomic mass is 10.1. The van der Waals surface area contributed by atoms with Crippen LogP contribution in [0.5, 0.6) is 17.2 Å². The second kappa shape index (κ2) is 8.55. The molecule has 0 spiro atoms. The molecule has 1 aromatic heterocycles. The Morgan fingerprint density at radius 2 is 1.87 bits per heavy atom. The van der Waals surface area contributed by atoms with Crippen LogP contribution in [0.2, 0.25) is 0 Å². The monoisotopic (exact) mass is 421 g/mol. The van der Waals surface area contributed by atoms with Crippen molar-refractivity contribution in [3.63, 3.8) is 0 Å². The van der Waals surface area contributed by atoms with Crippen molar-refractivity contribution < 1.29 is 28.9 Å². The molecule has 0 bridgehead atoms. The Balaban J connectivity index is 1.42. The second-order valence-corrected chi connectivity index (χ2v) is 7.44. The number of ether oxygens (including phenoxy) is 3. The van der Waals surface area contributed by atoms with E-state index >= 15 is 0 Å². The van der Waals surface area contributed by atoms with Gasteiger partial charge in [-0.15, -0.1) is 0 Å². The van der Waals surface area contributed by atoms with E-state index in [4.69, 9.17) is 14.2 Å². The summed E-state index contributed by atoms with van der Waals surface area (Å²) in [6.07, 6.45) is -0.189. The topological polar surface area (TPSA) is 87.0 Å². The van der Waals surface area contributed by atoms with Crippen LogP contribution in [0.15, 0.2) is 54.6 Å². The Bertz CT molecular complexity index is 1130. The minimum absolute atomic E-state index is 0.0409. The van der Waals surface area contributed by atoms with Gasteiger partial charge in [-0.2, -0.15) is 0 Å². The number of fused-ring (bicyclic) bond motifs is 1. The maximum Gasteiger partial charge on any atom is 0.338 e. The highest BCUT2D eigenvalue weighted by molar-refractivity contribution is 6.00. The van der Waals surface area contributed by atoms with Crippen molar-refractivity contribution in [1.82, 2.24) is 4.57 Å². The molecule has 0 radical (unpaired) electrons. The van der Waals surface area contributed by atoms with Crippen molar-refractivity contribution in [2.75, 3.05) is 13.2 Å². The molecule has 7 nitrogen and oxygen atoms in total. The van der Waals surface area contributed by atoms with E-state index in [9.17, 15) is 14.7 Å². The standard InChI is InChI=1S/C24H23NO6/c1-15-10-20(21(27)14-30-24(28)17-6-5-7-18(26)11-17)16(2)25(15)12-19-13-29-22-8-3-4-9-23(22)31-19/h3-11,19,26H,12-14H2,1-2H3/t19-/m0/s1. The summed E-state index contributed by atoms with van der Waals surface area (Å²) in [4.78, 5) is 24.8. The van der Waals surface area contributed by atoms with Gasteiger partial charge in [0.25, 0.3) is 0 Å². The molecular formula is C24H23NO6. The third kappa shape index (κ3) is 4.40. The van der Waals surface area contributed by atoms with E-state index in [-0.39, 0.29) is 29.8 Å². The van der Waals surface area contributed by atoms with Crippen molar-refractivity contribution in [3.8, 4) is 17.2 Å². The van der Waals surface area contributed by atoms with E-state index in [0.29, 0.717) is 24.5 Å². The van der Waals surface area contributed by atoms with Crippen LogP contribution in [0.1, 0.15) is 32.1 Å². The summed E-state index contributed by atoms with van der Waals surface area (Å²) in [6, 6.07) is 15.1. The van der Waals surface area contributed by atoms with Gasteiger partial charge in [0.05, 0.1) is 12.1 Å². The Morgan fingerprint density at radius 1 is 1.10 bits per heavy atom. The number of esters is 1. The van der Waals surface area contributed by atoms with Crippen LogP contribution in [0.3, 0.4) is 0 Å². The molecule has 0 unspecified atom stereocenters. The van der Waals surface area contributed by atoms with Gasteiger partial charge < -0.3 is 23.9 Å². The first kappa shape index (κ1) is 20.5. The van der Waals surface area contributed by atoms with Gasteiger partial charge in [0.1, 0.15) is 12.4 Å². The third-order valence-corrected chi connectivity index (χ3v) is 5.24. The van der Waals surface area contributed by atoms with Crippen LogP contribution in [0.25, 0.3) is 0 Å². The molecule has 31 heavy (non-hydrogen) atoms. The number of carbonyl (C=O) groups excluding carboxylic acids is 2. The maximum absolute atomic E-state index is 12.7. The highest BCUT2D eigenvalue weighted by atomic mass is 16.6. The summed E-state index contributed by atoms with van der Waals surface area (Å²) < 4.78 is 19.0. The Labute approximate surface area is 179 Å². The second-order valence-electron chi connectivity index (χ2n) is 7.44. The minimum atomic E-state index is -0.663. The highest BCUT2D eigenvalue weighted by Crippen LogP contribution is 2.31. The number of hydrogen-bond donors (Lipinski definition) is 1. The molecule has 4 rings (SSSR count). The van der Waals surface area contributed by atoms with Crippen LogP contribution < -0.4 is 9.47 Å². The summed E-state index contributed by atoms with van der Waals surface area (Å²) in [5, 5.41) is 9.48. The van der Waals surface area contributed by atoms with Crippen molar-refractivity contribution >= 4 is 11.8 Å². The molecule has 2 heterocycles. The highest BCUT2D eigenvalue weighted by Gasteiger charge is 2.24. The maximum atomic E-state index is 12.7. The quantitative estimate of drug-likeness (QED) is 0.483. The van der Waals surface area contributed by atoms with E-state index < -0.39 is 5.97 Å². The number of carbonyl (C=O) groups is 2. The molecule has 1 atom stereocenters. The molecule has 1 aliphatic rings. The summed E-state index contributed by atoms with van der Waals surface area (Å²) in [5.74, 6) is 0.435. The normalized spacial score (nSPS) is 14.8. The molecule has 160 valence electrons. The molecule has 1 N–H and O–H groups in total. The smallest absolute Gasteiger partial charge is 0.338 e. The average Bonchev–Trinajstić information content (AvgIpc) is 3.05. The van der Waals surface area contributed by atoms with Crippen molar-refractivity contribution in [2.24, 2.45) is 0 Å². The molecule has 0 aliphatic carbocycles. The summed E-state index contributed by atoms with van der Waals surface area (Å²) >= 11 is 0. The lowest BCUT2D eigenvalue weighted by molar-refractivity contribution is 0.0474. The van der Waals surface area contributed by atoms with Crippen LogP contribution in [-0.2, 0) is 11.3 Å². The Kier molecular flexibility index (Phi) is 5.66. The van der Waals surface area contributed by atoms with E-state index in [1.165, 1.54) is 24.3 Å². The van der Waals surface area contributed by atoms with Gasteiger partial charge in [-0.05, 0) is 50.2 Å². The zero-order valence-corrected chi connectivity index (χ0v) is 17.3. The summed E-state index contributed by atoms with van der Waals surface area (Å²) in [6.45, 7) is 4.34. The number of nitrogens with zero attached hydrogens (tertiary/aromatic N) is 1. The van der Waals surface area contributed by atoms with Gasteiger partial charge in [0.15, 0.2) is 24.2 Å². The number of Topliss-reactive ketones (excluding diaryl/α,β-unsaturated/α-hetero) is 1. The first-order valence-corrected chi connectivity index (χ1v) is 9.97. The predicted octanol–water partition coefficient (Wildman–Crippen LogP) is 3.69. The molecular weight excluding hydrogens is 398 g/mol. The lowest BCUT2D eigenvalue weighted by Gasteiger charge is -2.27. The molecule has 7 heteroatoms. The zero-order valence-electron chi connectivity index (χ0n) is 17.3. The SMILES string of the molecule is Cc1cc(C(=O)COC(=O)c2cccc(O)c2)c(C)n1C[C@H]1COc2ccccc2O1. The number of para-hydroxylation sites is 2. The largest absolute Gasteiger partial charge is 0.508 e. The van der Waals surface area contributed by atoms with Gasteiger partial charge in [-0.3, -0.25) is 4.79 Å². The fraction of sp³-hybridized carbons (Fsp3) is 0.250. The van der Waals surface area contributed by atoms with Gasteiger partial charge in [-0.25, -0.2) is 4.79 Å². The molecule has 0 amide bonds. The minimum Gasteiger partial charge on any atom is -0.508 e.